The zero-order chi connectivity index (χ0) is 11.6. The van der Waals surface area contributed by atoms with Crippen LogP contribution in [0.15, 0.2) is 0 Å². The molecule has 1 rings (SSSR count). The number of esters is 1. The number of ketones is 2. The van der Waals surface area contributed by atoms with Crippen molar-refractivity contribution in [2.45, 2.75) is 13.3 Å². The monoisotopic (exact) mass is 214 g/mol. The molecule has 0 aromatic heterocycles. The highest BCUT2D eigenvalue weighted by Crippen LogP contribution is 2.26. The summed E-state index contributed by atoms with van der Waals surface area (Å²) in [6, 6.07) is 0. The fourth-order valence-electron chi connectivity index (χ4n) is 1.45. The summed E-state index contributed by atoms with van der Waals surface area (Å²) in [6.07, 6.45) is -0.286. The van der Waals surface area contributed by atoms with Crippen LogP contribution >= 0.6 is 0 Å². The molecule has 2 unspecified atom stereocenters. The molecule has 0 amide bonds. The van der Waals surface area contributed by atoms with Crippen LogP contribution in [0.3, 0.4) is 0 Å². The number of carbonyl (C=O) groups is 4. The van der Waals surface area contributed by atoms with Gasteiger partial charge in [-0.15, -0.1) is 0 Å². The third kappa shape index (κ3) is 2.03. The molecule has 1 fully saturated rings. The fourth-order valence-corrected chi connectivity index (χ4v) is 1.45. The lowest BCUT2D eigenvalue weighted by Gasteiger charge is -2.05. The van der Waals surface area contributed by atoms with Gasteiger partial charge in [0.05, 0.1) is 6.61 Å². The van der Waals surface area contributed by atoms with E-state index in [1.807, 2.05) is 0 Å². The largest absolute Gasteiger partial charge is 0.481 e. The number of rotatable bonds is 3. The summed E-state index contributed by atoms with van der Waals surface area (Å²) in [7, 11) is 0. The van der Waals surface area contributed by atoms with E-state index in [4.69, 9.17) is 5.11 Å². The highest BCUT2D eigenvalue weighted by molar-refractivity contribution is 6.46. The molecule has 1 aliphatic carbocycles. The first-order valence-corrected chi connectivity index (χ1v) is 4.46. The first-order valence-electron chi connectivity index (χ1n) is 4.46. The van der Waals surface area contributed by atoms with Crippen molar-refractivity contribution in [3.63, 3.8) is 0 Å². The summed E-state index contributed by atoms with van der Waals surface area (Å²) in [5.74, 6) is -6.80. The Bertz CT molecular complexity index is 331. The van der Waals surface area contributed by atoms with Crippen molar-refractivity contribution in [1.29, 1.82) is 0 Å². The normalized spacial score (nSPS) is 25.4. The maximum atomic E-state index is 11.2. The zero-order valence-corrected chi connectivity index (χ0v) is 8.06. The predicted octanol–water partition coefficient (Wildman–Crippen LogP) is -0.592. The molecule has 82 valence electrons. The Labute approximate surface area is 85.2 Å². The fraction of sp³-hybridized carbons (Fsp3) is 0.556. The Morgan fingerprint density at radius 2 is 1.87 bits per heavy atom. The summed E-state index contributed by atoms with van der Waals surface area (Å²) in [6.45, 7) is 1.66. The molecule has 1 saturated carbocycles. The van der Waals surface area contributed by atoms with Crippen LogP contribution in [0.4, 0.5) is 0 Å². The lowest BCUT2D eigenvalue weighted by atomic mass is 10.1. The topological polar surface area (TPSA) is 97.7 Å². The van der Waals surface area contributed by atoms with Gasteiger partial charge in [-0.2, -0.15) is 0 Å². The average Bonchev–Trinajstić information content (AvgIpc) is 2.45. The standard InChI is InChI=1S/C9H10O6/c1-2-15-9(14)5-3-4(8(12)13)6(10)7(5)11/h4-5H,2-3H2,1H3,(H,12,13). The van der Waals surface area contributed by atoms with Crippen LogP contribution in [0.25, 0.3) is 0 Å². The number of aliphatic carboxylic acids is 1. The third-order valence-electron chi connectivity index (χ3n) is 2.22. The highest BCUT2D eigenvalue weighted by Gasteiger charge is 2.48. The van der Waals surface area contributed by atoms with Crippen LogP contribution in [0, 0.1) is 11.8 Å². The molecular weight excluding hydrogens is 204 g/mol. The van der Waals surface area contributed by atoms with Gasteiger partial charge >= 0.3 is 11.9 Å². The molecule has 2 atom stereocenters. The molecule has 0 spiro atoms. The molecule has 6 heteroatoms. The first kappa shape index (κ1) is 11.4. The molecule has 0 bridgehead atoms. The van der Waals surface area contributed by atoms with E-state index in [-0.39, 0.29) is 13.0 Å². The van der Waals surface area contributed by atoms with Gasteiger partial charge in [-0.05, 0) is 13.3 Å². The Morgan fingerprint density at radius 1 is 1.33 bits per heavy atom. The SMILES string of the molecule is CCOC(=O)C1CC(C(=O)O)C(=O)C1=O. The van der Waals surface area contributed by atoms with Crippen molar-refractivity contribution >= 4 is 23.5 Å². The highest BCUT2D eigenvalue weighted by atomic mass is 16.5. The first-order chi connectivity index (χ1) is 6.99. The second-order valence-electron chi connectivity index (χ2n) is 3.16. The zero-order valence-electron chi connectivity index (χ0n) is 8.06. The molecule has 0 heterocycles. The molecule has 1 aliphatic rings. The maximum Gasteiger partial charge on any atom is 0.317 e. The molecule has 1 N–H and O–H groups in total. The van der Waals surface area contributed by atoms with Gasteiger partial charge in [-0.3, -0.25) is 19.2 Å². The molecule has 6 nitrogen and oxygen atoms in total. The predicted molar refractivity (Wildman–Crippen MR) is 45.9 cm³/mol. The minimum Gasteiger partial charge on any atom is -0.481 e. The van der Waals surface area contributed by atoms with E-state index >= 15 is 0 Å². The number of carboxylic acids is 1. The van der Waals surface area contributed by atoms with Crippen LogP contribution in [-0.4, -0.2) is 35.2 Å². The second-order valence-corrected chi connectivity index (χ2v) is 3.16. The summed E-state index contributed by atoms with van der Waals surface area (Å²) >= 11 is 0. The van der Waals surface area contributed by atoms with Crippen molar-refractivity contribution in [2.75, 3.05) is 6.61 Å². The number of carboxylic acid groups (broad SMARTS) is 1. The van der Waals surface area contributed by atoms with E-state index in [9.17, 15) is 19.2 Å². The van der Waals surface area contributed by atoms with Gasteiger partial charge in [0.2, 0.25) is 11.6 Å². The third-order valence-corrected chi connectivity index (χ3v) is 2.22. The average molecular weight is 214 g/mol. The lowest BCUT2D eigenvalue weighted by molar-refractivity contribution is -0.152. The van der Waals surface area contributed by atoms with Gasteiger partial charge in [0, 0.05) is 0 Å². The van der Waals surface area contributed by atoms with E-state index in [1.54, 1.807) is 6.92 Å². The summed E-state index contributed by atoms with van der Waals surface area (Å²) in [4.78, 5) is 44.1. The van der Waals surface area contributed by atoms with Gasteiger partial charge in [0.15, 0.2) is 0 Å². The van der Waals surface area contributed by atoms with Gasteiger partial charge < -0.3 is 9.84 Å². The molecule has 0 aliphatic heterocycles. The summed E-state index contributed by atoms with van der Waals surface area (Å²) in [5, 5.41) is 8.61. The van der Waals surface area contributed by atoms with E-state index < -0.39 is 35.3 Å². The number of Topliss-reactive ketones (excluding diaryl/α,β-unsaturated/α-hetero) is 2. The van der Waals surface area contributed by atoms with E-state index in [2.05, 4.69) is 4.74 Å². The molecular formula is C9H10O6. The van der Waals surface area contributed by atoms with Gasteiger partial charge in [0.25, 0.3) is 0 Å². The maximum absolute atomic E-state index is 11.2. The van der Waals surface area contributed by atoms with Gasteiger partial charge in [-0.25, -0.2) is 0 Å². The van der Waals surface area contributed by atoms with Crippen molar-refractivity contribution < 1.29 is 29.0 Å². The molecule has 0 aromatic rings. The number of hydrogen-bond donors (Lipinski definition) is 1. The Morgan fingerprint density at radius 3 is 2.27 bits per heavy atom. The Hall–Kier alpha value is -1.72. The van der Waals surface area contributed by atoms with Crippen LogP contribution in [-0.2, 0) is 23.9 Å². The number of carbonyl (C=O) groups excluding carboxylic acids is 3. The molecule has 0 radical (unpaired) electrons. The van der Waals surface area contributed by atoms with Crippen molar-refractivity contribution in [2.24, 2.45) is 11.8 Å². The van der Waals surface area contributed by atoms with Crippen molar-refractivity contribution in [1.82, 2.24) is 0 Å². The summed E-state index contributed by atoms with van der Waals surface area (Å²) in [5.41, 5.74) is 0. The van der Waals surface area contributed by atoms with Gasteiger partial charge in [0.1, 0.15) is 11.8 Å². The summed E-state index contributed by atoms with van der Waals surface area (Å²) < 4.78 is 4.57. The quantitative estimate of drug-likeness (QED) is 0.383. The Kier molecular flexibility index (Phi) is 3.18. The lowest BCUT2D eigenvalue weighted by Crippen LogP contribution is -2.25. The van der Waals surface area contributed by atoms with Crippen molar-refractivity contribution in [3.8, 4) is 0 Å². The van der Waals surface area contributed by atoms with Crippen LogP contribution in [0.5, 0.6) is 0 Å². The number of ether oxygens (including phenoxy) is 1. The minimum absolute atomic E-state index is 0.0918. The van der Waals surface area contributed by atoms with E-state index in [0.717, 1.165) is 0 Å². The smallest absolute Gasteiger partial charge is 0.317 e. The molecule has 15 heavy (non-hydrogen) atoms. The van der Waals surface area contributed by atoms with Crippen LogP contribution < -0.4 is 0 Å². The van der Waals surface area contributed by atoms with E-state index in [0.29, 0.717) is 0 Å². The Balaban J connectivity index is 2.80. The van der Waals surface area contributed by atoms with Crippen LogP contribution in [0.2, 0.25) is 0 Å². The van der Waals surface area contributed by atoms with Crippen molar-refractivity contribution in [3.05, 3.63) is 0 Å². The van der Waals surface area contributed by atoms with E-state index in [1.165, 1.54) is 0 Å². The minimum atomic E-state index is -1.40. The molecule has 0 saturated heterocycles. The van der Waals surface area contributed by atoms with Crippen LogP contribution in [0.1, 0.15) is 13.3 Å². The second kappa shape index (κ2) is 4.20. The van der Waals surface area contributed by atoms with Gasteiger partial charge in [-0.1, -0.05) is 0 Å². The molecule has 0 aromatic carbocycles. The number of hydrogen-bond acceptors (Lipinski definition) is 5.